The Hall–Kier alpha value is -2.09. The fourth-order valence-corrected chi connectivity index (χ4v) is 4.23. The van der Waals surface area contributed by atoms with Crippen molar-refractivity contribution < 1.29 is 4.79 Å². The monoisotopic (exact) mass is 277 g/mol. The van der Waals surface area contributed by atoms with Crippen molar-refractivity contribution in [3.8, 4) is 0 Å². The SMILES string of the molecule is CC(=O)NCC1CC2c3ccccc3C1c1ccccc12. The van der Waals surface area contributed by atoms with Gasteiger partial charge >= 0.3 is 0 Å². The van der Waals surface area contributed by atoms with E-state index in [0.717, 1.165) is 13.0 Å². The molecule has 2 aromatic rings. The Morgan fingerprint density at radius 3 is 2.05 bits per heavy atom. The molecule has 2 bridgehead atoms. The van der Waals surface area contributed by atoms with Crippen LogP contribution in [0.5, 0.6) is 0 Å². The van der Waals surface area contributed by atoms with E-state index in [2.05, 4.69) is 53.8 Å². The second kappa shape index (κ2) is 4.73. The van der Waals surface area contributed by atoms with Crippen LogP contribution >= 0.6 is 0 Å². The summed E-state index contributed by atoms with van der Waals surface area (Å²) in [5, 5.41) is 3.02. The highest BCUT2D eigenvalue weighted by Crippen LogP contribution is 2.54. The van der Waals surface area contributed by atoms with E-state index < -0.39 is 0 Å². The molecule has 21 heavy (non-hydrogen) atoms. The summed E-state index contributed by atoms with van der Waals surface area (Å²) in [6, 6.07) is 17.6. The van der Waals surface area contributed by atoms with Gasteiger partial charge in [0.1, 0.15) is 0 Å². The fraction of sp³-hybridized carbons (Fsp3) is 0.316. The molecule has 0 aliphatic heterocycles. The van der Waals surface area contributed by atoms with Crippen LogP contribution in [-0.2, 0) is 4.79 Å². The van der Waals surface area contributed by atoms with Gasteiger partial charge in [0, 0.05) is 25.3 Å². The molecular weight excluding hydrogens is 258 g/mol. The summed E-state index contributed by atoms with van der Waals surface area (Å²) < 4.78 is 0. The molecule has 3 aliphatic carbocycles. The minimum atomic E-state index is 0.0676. The van der Waals surface area contributed by atoms with Gasteiger partial charge < -0.3 is 5.32 Å². The minimum Gasteiger partial charge on any atom is -0.356 e. The summed E-state index contributed by atoms with van der Waals surface area (Å²) in [4.78, 5) is 11.3. The molecule has 0 aromatic heterocycles. The van der Waals surface area contributed by atoms with Crippen LogP contribution in [0.25, 0.3) is 0 Å². The first kappa shape index (κ1) is 12.6. The highest BCUT2D eigenvalue weighted by atomic mass is 16.1. The zero-order chi connectivity index (χ0) is 14.4. The summed E-state index contributed by atoms with van der Waals surface area (Å²) in [5.41, 5.74) is 5.89. The number of fused-ring (bicyclic) bond motifs is 1. The molecule has 0 spiro atoms. The first-order chi connectivity index (χ1) is 10.3. The molecule has 3 aliphatic rings. The average molecular weight is 277 g/mol. The quantitative estimate of drug-likeness (QED) is 0.895. The molecule has 106 valence electrons. The van der Waals surface area contributed by atoms with Gasteiger partial charge in [0.2, 0.25) is 5.91 Å². The molecule has 0 saturated carbocycles. The Morgan fingerprint density at radius 2 is 1.52 bits per heavy atom. The van der Waals surface area contributed by atoms with Gasteiger partial charge in [0.25, 0.3) is 0 Å². The van der Waals surface area contributed by atoms with Gasteiger partial charge in [-0.3, -0.25) is 4.79 Å². The summed E-state index contributed by atoms with van der Waals surface area (Å²) in [5.74, 6) is 1.48. The van der Waals surface area contributed by atoms with Crippen LogP contribution in [0.15, 0.2) is 48.5 Å². The van der Waals surface area contributed by atoms with Crippen molar-refractivity contribution in [2.45, 2.75) is 25.2 Å². The van der Waals surface area contributed by atoms with Crippen molar-refractivity contribution in [2.24, 2.45) is 5.92 Å². The van der Waals surface area contributed by atoms with E-state index in [-0.39, 0.29) is 5.91 Å². The number of hydrogen-bond acceptors (Lipinski definition) is 1. The van der Waals surface area contributed by atoms with E-state index in [1.807, 2.05) is 0 Å². The van der Waals surface area contributed by atoms with Gasteiger partial charge in [-0.2, -0.15) is 0 Å². The van der Waals surface area contributed by atoms with Crippen molar-refractivity contribution in [2.75, 3.05) is 6.54 Å². The fourth-order valence-electron chi connectivity index (χ4n) is 4.23. The molecule has 1 unspecified atom stereocenters. The third-order valence-electron chi connectivity index (χ3n) is 5.04. The first-order valence-electron chi connectivity index (χ1n) is 7.68. The molecule has 0 radical (unpaired) electrons. The van der Waals surface area contributed by atoms with Crippen molar-refractivity contribution >= 4 is 5.91 Å². The van der Waals surface area contributed by atoms with Gasteiger partial charge in [0.05, 0.1) is 0 Å². The highest BCUT2D eigenvalue weighted by Gasteiger charge is 2.42. The zero-order valence-electron chi connectivity index (χ0n) is 12.2. The Kier molecular flexibility index (Phi) is 2.85. The molecule has 0 heterocycles. The summed E-state index contributed by atoms with van der Waals surface area (Å²) in [7, 11) is 0. The Morgan fingerprint density at radius 1 is 1.00 bits per heavy atom. The molecular formula is C19H19NO. The van der Waals surface area contributed by atoms with Gasteiger partial charge in [-0.1, -0.05) is 48.5 Å². The number of hydrogen-bond donors (Lipinski definition) is 1. The topological polar surface area (TPSA) is 29.1 Å². The average Bonchev–Trinajstić information content (AvgIpc) is 2.53. The molecule has 0 saturated heterocycles. The van der Waals surface area contributed by atoms with Crippen LogP contribution in [0, 0.1) is 5.92 Å². The number of nitrogens with one attached hydrogen (secondary N) is 1. The number of carbonyl (C=O) groups excluding carboxylic acids is 1. The maximum Gasteiger partial charge on any atom is 0.216 e. The lowest BCUT2D eigenvalue weighted by Gasteiger charge is -2.45. The first-order valence-corrected chi connectivity index (χ1v) is 7.68. The third kappa shape index (κ3) is 1.90. The largest absolute Gasteiger partial charge is 0.356 e. The molecule has 2 heteroatoms. The van der Waals surface area contributed by atoms with Gasteiger partial charge in [-0.05, 0) is 34.6 Å². The molecule has 1 atom stereocenters. The van der Waals surface area contributed by atoms with Crippen molar-refractivity contribution in [1.82, 2.24) is 5.32 Å². The van der Waals surface area contributed by atoms with Crippen LogP contribution in [0.1, 0.15) is 47.4 Å². The van der Waals surface area contributed by atoms with E-state index in [0.29, 0.717) is 17.8 Å². The number of amides is 1. The summed E-state index contributed by atoms with van der Waals surface area (Å²) >= 11 is 0. The van der Waals surface area contributed by atoms with Crippen LogP contribution in [0.3, 0.4) is 0 Å². The second-order valence-corrected chi connectivity index (χ2v) is 6.22. The zero-order valence-corrected chi connectivity index (χ0v) is 12.2. The maximum absolute atomic E-state index is 11.3. The van der Waals surface area contributed by atoms with Crippen molar-refractivity contribution in [3.63, 3.8) is 0 Å². The number of carbonyl (C=O) groups is 1. The smallest absolute Gasteiger partial charge is 0.216 e. The van der Waals surface area contributed by atoms with Crippen LogP contribution in [0.2, 0.25) is 0 Å². The third-order valence-corrected chi connectivity index (χ3v) is 5.04. The van der Waals surface area contributed by atoms with Crippen molar-refractivity contribution in [1.29, 1.82) is 0 Å². The lowest BCUT2D eigenvalue weighted by Crippen LogP contribution is -2.38. The van der Waals surface area contributed by atoms with Crippen LogP contribution < -0.4 is 5.32 Å². The minimum absolute atomic E-state index is 0.0676. The van der Waals surface area contributed by atoms with E-state index in [9.17, 15) is 4.79 Å². The number of benzene rings is 2. The molecule has 5 rings (SSSR count). The standard InChI is InChI=1S/C19H19NO/c1-12(21)20-11-13-10-18-14-6-2-4-8-16(14)19(13)17-9-5-3-7-15(17)18/h2-9,13,18-19H,10-11H2,1H3,(H,20,21). The Labute approximate surface area is 125 Å². The van der Waals surface area contributed by atoms with Crippen LogP contribution in [0.4, 0.5) is 0 Å². The predicted molar refractivity (Wildman–Crippen MR) is 83.4 cm³/mol. The predicted octanol–water partition coefficient (Wildman–Crippen LogP) is 3.42. The van der Waals surface area contributed by atoms with Gasteiger partial charge in [-0.25, -0.2) is 0 Å². The van der Waals surface area contributed by atoms with E-state index >= 15 is 0 Å². The molecule has 2 aromatic carbocycles. The van der Waals surface area contributed by atoms with Gasteiger partial charge in [-0.15, -0.1) is 0 Å². The molecule has 1 amide bonds. The lowest BCUT2D eigenvalue weighted by molar-refractivity contribution is -0.119. The second-order valence-electron chi connectivity index (χ2n) is 6.22. The molecule has 1 N–H and O–H groups in total. The van der Waals surface area contributed by atoms with E-state index in [1.54, 1.807) is 6.92 Å². The van der Waals surface area contributed by atoms with Crippen molar-refractivity contribution in [3.05, 3.63) is 70.8 Å². The molecule has 0 fully saturated rings. The summed E-state index contributed by atoms with van der Waals surface area (Å²) in [6.45, 7) is 2.38. The van der Waals surface area contributed by atoms with E-state index in [1.165, 1.54) is 22.3 Å². The molecule has 2 nitrogen and oxygen atoms in total. The Bertz CT molecular complexity index is 659. The Balaban J connectivity index is 1.81. The maximum atomic E-state index is 11.3. The van der Waals surface area contributed by atoms with E-state index in [4.69, 9.17) is 0 Å². The number of rotatable bonds is 2. The van der Waals surface area contributed by atoms with Crippen LogP contribution in [-0.4, -0.2) is 12.5 Å². The van der Waals surface area contributed by atoms with Gasteiger partial charge in [0.15, 0.2) is 0 Å². The lowest BCUT2D eigenvalue weighted by atomic mass is 9.59. The highest BCUT2D eigenvalue weighted by molar-refractivity contribution is 5.72. The summed E-state index contributed by atoms with van der Waals surface area (Å²) in [6.07, 6.45) is 1.14. The normalized spacial score (nSPS) is 25.1.